The zero-order chi connectivity index (χ0) is 26.9. The van der Waals surface area contributed by atoms with E-state index in [4.69, 9.17) is 13.9 Å². The molecule has 0 aliphatic carbocycles. The SMILES string of the molecule is COc1cc(C(O)N2CC(O)C2)ccc1-c1cc2nccc(-c3ccc(NC4CCOCC4)c(C#N)c3)c2o1. The minimum absolute atomic E-state index is 0.289. The first kappa shape index (κ1) is 25.3. The molecule has 4 aromatic rings. The van der Waals surface area contributed by atoms with Crippen LogP contribution >= 0.6 is 0 Å². The highest BCUT2D eigenvalue weighted by Crippen LogP contribution is 2.39. The van der Waals surface area contributed by atoms with Crippen molar-refractivity contribution in [2.24, 2.45) is 0 Å². The molecule has 4 heterocycles. The monoisotopic (exact) mass is 526 g/mol. The zero-order valence-electron chi connectivity index (χ0n) is 21.6. The predicted octanol–water partition coefficient (Wildman–Crippen LogP) is 4.30. The number of hydrogen-bond donors (Lipinski definition) is 3. The molecule has 9 nitrogen and oxygen atoms in total. The van der Waals surface area contributed by atoms with Gasteiger partial charge in [0.05, 0.1) is 30.0 Å². The Kier molecular flexibility index (Phi) is 6.94. The molecule has 2 aromatic carbocycles. The van der Waals surface area contributed by atoms with Crippen molar-refractivity contribution < 1.29 is 24.1 Å². The predicted molar refractivity (Wildman–Crippen MR) is 146 cm³/mol. The number of ether oxygens (including phenoxy) is 2. The molecule has 6 rings (SSSR count). The first-order valence-corrected chi connectivity index (χ1v) is 13.1. The second kappa shape index (κ2) is 10.7. The fourth-order valence-corrected chi connectivity index (χ4v) is 5.26. The highest BCUT2D eigenvalue weighted by atomic mass is 16.5. The van der Waals surface area contributed by atoms with Crippen LogP contribution in [-0.4, -0.2) is 65.7 Å². The standard InChI is InChI=1S/C30H30N4O5/c1-37-27-13-19(30(36)34-16-22(35)17-34)2-4-24(27)28-14-26-29(39-28)23(6-9-32-26)18-3-5-25(20(12-18)15-31)33-21-7-10-38-11-8-21/h2-6,9,12-14,21-22,30,33,35-36H,7-8,10-11,16-17H2,1H3. The summed E-state index contributed by atoms with van der Waals surface area (Å²) in [7, 11) is 1.58. The number of fused-ring (bicyclic) bond motifs is 1. The average Bonchev–Trinajstić information content (AvgIpc) is 3.40. The number of furan rings is 1. The van der Waals surface area contributed by atoms with E-state index in [0.29, 0.717) is 46.8 Å². The molecule has 1 unspecified atom stereocenters. The molecule has 0 radical (unpaired) electrons. The maximum absolute atomic E-state index is 10.7. The molecule has 2 aliphatic rings. The van der Waals surface area contributed by atoms with Gasteiger partial charge in [-0.3, -0.25) is 9.88 Å². The molecular weight excluding hydrogens is 496 g/mol. The number of nitrogens with zero attached hydrogens (tertiary/aromatic N) is 3. The van der Waals surface area contributed by atoms with Gasteiger partial charge < -0.3 is 29.4 Å². The van der Waals surface area contributed by atoms with Crippen molar-refractivity contribution >= 4 is 16.8 Å². The fraction of sp³-hybridized carbons (Fsp3) is 0.333. The molecule has 2 aliphatic heterocycles. The van der Waals surface area contributed by atoms with Crippen LogP contribution in [0.15, 0.2) is 59.1 Å². The maximum Gasteiger partial charge on any atom is 0.161 e. The van der Waals surface area contributed by atoms with Crippen molar-refractivity contribution in [1.82, 2.24) is 9.88 Å². The lowest BCUT2D eigenvalue weighted by atomic mass is 10.0. The number of aliphatic hydroxyl groups excluding tert-OH is 2. The van der Waals surface area contributed by atoms with Gasteiger partial charge in [-0.2, -0.15) is 5.26 Å². The molecule has 1 atom stereocenters. The van der Waals surface area contributed by atoms with Crippen LogP contribution in [-0.2, 0) is 4.74 Å². The summed E-state index contributed by atoms with van der Waals surface area (Å²) in [4.78, 5) is 6.30. The molecule has 2 saturated heterocycles. The number of aliphatic hydroxyl groups is 2. The van der Waals surface area contributed by atoms with E-state index < -0.39 is 12.3 Å². The number of pyridine rings is 1. The van der Waals surface area contributed by atoms with Crippen molar-refractivity contribution in [3.05, 3.63) is 65.9 Å². The van der Waals surface area contributed by atoms with Gasteiger partial charge in [0.1, 0.15) is 29.3 Å². The summed E-state index contributed by atoms with van der Waals surface area (Å²) in [5.41, 5.74) is 5.79. The molecule has 0 spiro atoms. The number of nitriles is 1. The van der Waals surface area contributed by atoms with Gasteiger partial charge in [0.15, 0.2) is 5.58 Å². The third-order valence-electron chi connectivity index (χ3n) is 7.47. The Balaban J connectivity index is 1.31. The Labute approximate surface area is 226 Å². The lowest BCUT2D eigenvalue weighted by molar-refractivity contribution is -0.101. The summed E-state index contributed by atoms with van der Waals surface area (Å²) < 4.78 is 17.4. The highest BCUT2D eigenvalue weighted by Gasteiger charge is 2.31. The molecule has 2 fully saturated rings. The Morgan fingerprint density at radius 1 is 1.10 bits per heavy atom. The van der Waals surface area contributed by atoms with E-state index in [1.54, 1.807) is 24.3 Å². The van der Waals surface area contributed by atoms with Crippen molar-refractivity contribution in [2.45, 2.75) is 31.2 Å². The van der Waals surface area contributed by atoms with E-state index in [9.17, 15) is 15.5 Å². The number of benzene rings is 2. The molecule has 200 valence electrons. The minimum Gasteiger partial charge on any atom is -0.496 e. The number of aromatic nitrogens is 1. The summed E-state index contributed by atoms with van der Waals surface area (Å²) in [5, 5.41) is 33.6. The normalized spacial score (nSPS) is 17.5. The first-order chi connectivity index (χ1) is 19.0. The lowest BCUT2D eigenvalue weighted by Gasteiger charge is -2.39. The number of rotatable bonds is 7. The van der Waals surface area contributed by atoms with Crippen molar-refractivity contribution in [3.8, 4) is 34.3 Å². The quantitative estimate of drug-likeness (QED) is 0.323. The second-order valence-electron chi connectivity index (χ2n) is 10.0. The van der Waals surface area contributed by atoms with Gasteiger partial charge in [-0.25, -0.2) is 0 Å². The molecule has 0 saturated carbocycles. The summed E-state index contributed by atoms with van der Waals surface area (Å²) in [6, 6.07) is 17.7. The van der Waals surface area contributed by atoms with E-state index in [1.807, 2.05) is 42.5 Å². The van der Waals surface area contributed by atoms with Gasteiger partial charge in [-0.15, -0.1) is 0 Å². The van der Waals surface area contributed by atoms with Crippen LogP contribution in [0.25, 0.3) is 33.6 Å². The number of likely N-dealkylation sites (tertiary alicyclic amines) is 1. The molecule has 3 N–H and O–H groups in total. The maximum atomic E-state index is 10.7. The number of methoxy groups -OCH3 is 1. The third-order valence-corrected chi connectivity index (χ3v) is 7.47. The second-order valence-corrected chi connectivity index (χ2v) is 10.0. The Morgan fingerprint density at radius 3 is 2.67 bits per heavy atom. The van der Waals surface area contributed by atoms with Crippen LogP contribution in [0.3, 0.4) is 0 Å². The number of nitrogens with one attached hydrogen (secondary N) is 1. The van der Waals surface area contributed by atoms with Crippen LogP contribution in [0, 0.1) is 11.3 Å². The first-order valence-electron chi connectivity index (χ1n) is 13.1. The fourth-order valence-electron chi connectivity index (χ4n) is 5.26. The Hall–Kier alpha value is -3.94. The summed E-state index contributed by atoms with van der Waals surface area (Å²) in [5.74, 6) is 1.14. The van der Waals surface area contributed by atoms with Gasteiger partial charge in [0.2, 0.25) is 0 Å². The molecule has 9 heteroatoms. The van der Waals surface area contributed by atoms with Crippen molar-refractivity contribution in [3.63, 3.8) is 0 Å². The van der Waals surface area contributed by atoms with Crippen LogP contribution in [0.1, 0.15) is 30.2 Å². The largest absolute Gasteiger partial charge is 0.496 e. The molecule has 2 aromatic heterocycles. The molecule has 0 amide bonds. The molecular formula is C30H30N4O5. The van der Waals surface area contributed by atoms with Gasteiger partial charge in [0.25, 0.3) is 0 Å². The van der Waals surface area contributed by atoms with Gasteiger partial charge in [0, 0.05) is 50.2 Å². The Morgan fingerprint density at radius 2 is 1.92 bits per heavy atom. The van der Waals surface area contributed by atoms with Gasteiger partial charge in [-0.05, 0) is 54.3 Å². The number of β-amino-alcohol motifs (C(OH)–C–C–N with tert-alkyl or cyclic N) is 1. The van der Waals surface area contributed by atoms with Crippen LogP contribution < -0.4 is 10.1 Å². The number of hydrogen-bond acceptors (Lipinski definition) is 9. The molecule has 0 bridgehead atoms. The van der Waals surface area contributed by atoms with Crippen molar-refractivity contribution in [2.75, 3.05) is 38.7 Å². The topological polar surface area (TPSA) is 124 Å². The zero-order valence-corrected chi connectivity index (χ0v) is 21.6. The van der Waals surface area contributed by atoms with Crippen LogP contribution in [0.2, 0.25) is 0 Å². The smallest absolute Gasteiger partial charge is 0.161 e. The summed E-state index contributed by atoms with van der Waals surface area (Å²) >= 11 is 0. The lowest BCUT2D eigenvalue weighted by Crippen LogP contribution is -2.52. The van der Waals surface area contributed by atoms with E-state index in [-0.39, 0.29) is 6.04 Å². The van der Waals surface area contributed by atoms with E-state index in [0.717, 1.165) is 48.4 Å². The minimum atomic E-state index is -0.821. The van der Waals surface area contributed by atoms with Crippen molar-refractivity contribution in [1.29, 1.82) is 5.26 Å². The number of anilines is 1. The Bertz CT molecular complexity index is 1530. The summed E-state index contributed by atoms with van der Waals surface area (Å²) in [6.07, 6.45) is 2.34. The van der Waals surface area contributed by atoms with Gasteiger partial charge >= 0.3 is 0 Å². The van der Waals surface area contributed by atoms with Crippen LogP contribution in [0.4, 0.5) is 5.69 Å². The molecule has 39 heavy (non-hydrogen) atoms. The van der Waals surface area contributed by atoms with Crippen LogP contribution in [0.5, 0.6) is 5.75 Å². The van der Waals surface area contributed by atoms with Gasteiger partial charge in [-0.1, -0.05) is 12.1 Å². The van der Waals surface area contributed by atoms with E-state index >= 15 is 0 Å². The average molecular weight is 527 g/mol. The summed E-state index contributed by atoms with van der Waals surface area (Å²) in [6.45, 7) is 2.32. The third kappa shape index (κ3) is 4.95. The highest BCUT2D eigenvalue weighted by molar-refractivity contribution is 5.93. The van der Waals surface area contributed by atoms with E-state index in [1.165, 1.54) is 0 Å². The van der Waals surface area contributed by atoms with E-state index in [2.05, 4.69) is 16.4 Å².